The summed E-state index contributed by atoms with van der Waals surface area (Å²) in [5, 5.41) is 3.35. The van der Waals surface area contributed by atoms with E-state index in [2.05, 4.69) is 65.5 Å². The summed E-state index contributed by atoms with van der Waals surface area (Å²) < 4.78 is 0. The van der Waals surface area contributed by atoms with Crippen LogP contribution in [0.3, 0.4) is 0 Å². The van der Waals surface area contributed by atoms with E-state index in [1.807, 2.05) is 12.1 Å². The standard InChI is InChI=1S/C21H28N6/c1-4-5-12-23-20-19-18(25-21(22)26-20)11-10-17(24-19)13-15-6-8-16(9-7-15)14-27(2)3/h6-11H,4-5,12-14H2,1-3H3,(H3,22,23,25,26). The van der Waals surface area contributed by atoms with Crippen LogP contribution in [0.2, 0.25) is 0 Å². The number of fused-ring (bicyclic) bond motifs is 1. The third-order valence-electron chi connectivity index (χ3n) is 4.35. The maximum atomic E-state index is 5.85. The number of nitrogens with zero attached hydrogens (tertiary/aromatic N) is 4. The van der Waals surface area contributed by atoms with Crippen molar-refractivity contribution in [3.05, 3.63) is 53.2 Å². The molecule has 1 aromatic carbocycles. The summed E-state index contributed by atoms with van der Waals surface area (Å²) in [5.41, 5.74) is 10.9. The molecule has 0 saturated heterocycles. The van der Waals surface area contributed by atoms with E-state index in [0.717, 1.165) is 49.1 Å². The van der Waals surface area contributed by atoms with Gasteiger partial charge in [0.2, 0.25) is 5.95 Å². The molecule has 0 bridgehead atoms. The monoisotopic (exact) mass is 364 g/mol. The number of anilines is 2. The summed E-state index contributed by atoms with van der Waals surface area (Å²) in [5.74, 6) is 0.988. The molecule has 6 heteroatoms. The molecule has 0 amide bonds. The van der Waals surface area contributed by atoms with Crippen LogP contribution in [0.15, 0.2) is 36.4 Å². The Morgan fingerprint density at radius 3 is 2.41 bits per heavy atom. The van der Waals surface area contributed by atoms with E-state index in [-0.39, 0.29) is 5.95 Å². The summed E-state index contributed by atoms with van der Waals surface area (Å²) in [4.78, 5) is 15.6. The minimum Gasteiger partial charge on any atom is -0.368 e. The molecule has 142 valence electrons. The van der Waals surface area contributed by atoms with E-state index in [0.29, 0.717) is 5.82 Å². The van der Waals surface area contributed by atoms with Gasteiger partial charge in [0.15, 0.2) is 5.82 Å². The highest BCUT2D eigenvalue weighted by molar-refractivity contribution is 5.86. The Labute approximate surface area is 160 Å². The van der Waals surface area contributed by atoms with Crippen molar-refractivity contribution in [1.29, 1.82) is 0 Å². The molecule has 0 saturated carbocycles. The third kappa shape index (κ3) is 5.14. The molecule has 0 aliphatic rings. The molecule has 0 atom stereocenters. The van der Waals surface area contributed by atoms with Gasteiger partial charge in [0.05, 0.1) is 5.52 Å². The van der Waals surface area contributed by atoms with E-state index in [1.165, 1.54) is 11.1 Å². The number of nitrogen functional groups attached to an aromatic ring is 1. The van der Waals surface area contributed by atoms with Crippen molar-refractivity contribution in [2.45, 2.75) is 32.7 Å². The Morgan fingerprint density at radius 1 is 0.963 bits per heavy atom. The van der Waals surface area contributed by atoms with Crippen molar-refractivity contribution < 1.29 is 0 Å². The van der Waals surface area contributed by atoms with Crippen LogP contribution < -0.4 is 11.1 Å². The molecule has 27 heavy (non-hydrogen) atoms. The topological polar surface area (TPSA) is 80.0 Å². The third-order valence-corrected chi connectivity index (χ3v) is 4.35. The Morgan fingerprint density at radius 2 is 1.70 bits per heavy atom. The fraction of sp³-hybridized carbons (Fsp3) is 0.381. The predicted molar refractivity (Wildman–Crippen MR) is 112 cm³/mol. The highest BCUT2D eigenvalue weighted by Gasteiger charge is 2.09. The van der Waals surface area contributed by atoms with Crippen LogP contribution in [0.5, 0.6) is 0 Å². The van der Waals surface area contributed by atoms with Crippen molar-refractivity contribution >= 4 is 22.8 Å². The van der Waals surface area contributed by atoms with E-state index in [4.69, 9.17) is 10.7 Å². The normalized spacial score (nSPS) is 11.3. The van der Waals surface area contributed by atoms with E-state index in [1.54, 1.807) is 0 Å². The van der Waals surface area contributed by atoms with Crippen LogP contribution in [-0.2, 0) is 13.0 Å². The van der Waals surface area contributed by atoms with Gasteiger partial charge in [-0.25, -0.2) is 9.97 Å². The van der Waals surface area contributed by atoms with Gasteiger partial charge in [0, 0.05) is 25.2 Å². The molecular formula is C21H28N6. The van der Waals surface area contributed by atoms with Crippen LogP contribution in [0, 0.1) is 0 Å². The summed E-state index contributed by atoms with van der Waals surface area (Å²) in [6, 6.07) is 12.7. The Kier molecular flexibility index (Phi) is 6.19. The van der Waals surface area contributed by atoms with Crippen LogP contribution in [0.4, 0.5) is 11.8 Å². The first-order valence-corrected chi connectivity index (χ1v) is 9.44. The lowest BCUT2D eigenvalue weighted by Gasteiger charge is -2.11. The van der Waals surface area contributed by atoms with Crippen molar-refractivity contribution in [2.75, 3.05) is 31.7 Å². The summed E-state index contributed by atoms with van der Waals surface area (Å²) in [7, 11) is 4.15. The second kappa shape index (κ2) is 8.77. The molecule has 3 aromatic rings. The van der Waals surface area contributed by atoms with Gasteiger partial charge in [-0.3, -0.25) is 0 Å². The minimum absolute atomic E-state index is 0.271. The number of aromatic nitrogens is 3. The Hall–Kier alpha value is -2.73. The second-order valence-corrected chi connectivity index (χ2v) is 7.11. The maximum absolute atomic E-state index is 5.85. The van der Waals surface area contributed by atoms with E-state index in [9.17, 15) is 0 Å². The molecule has 0 unspecified atom stereocenters. The Balaban J connectivity index is 1.82. The van der Waals surface area contributed by atoms with Crippen LogP contribution in [0.25, 0.3) is 11.0 Å². The molecular weight excluding hydrogens is 336 g/mol. The number of nitrogens with two attached hydrogens (primary N) is 1. The van der Waals surface area contributed by atoms with E-state index >= 15 is 0 Å². The Bertz CT molecular complexity index is 889. The number of hydrogen-bond acceptors (Lipinski definition) is 6. The number of nitrogens with one attached hydrogen (secondary N) is 1. The average molecular weight is 364 g/mol. The zero-order valence-corrected chi connectivity index (χ0v) is 16.4. The van der Waals surface area contributed by atoms with Gasteiger partial charge in [-0.05, 0) is 43.8 Å². The van der Waals surface area contributed by atoms with Gasteiger partial charge in [-0.15, -0.1) is 0 Å². The summed E-state index contributed by atoms with van der Waals surface area (Å²) in [6.45, 7) is 3.95. The lowest BCUT2D eigenvalue weighted by Crippen LogP contribution is -2.10. The average Bonchev–Trinajstić information content (AvgIpc) is 2.63. The van der Waals surface area contributed by atoms with Crippen molar-refractivity contribution in [3.8, 4) is 0 Å². The van der Waals surface area contributed by atoms with Crippen LogP contribution in [0.1, 0.15) is 36.6 Å². The number of benzene rings is 1. The van der Waals surface area contributed by atoms with Gasteiger partial charge < -0.3 is 16.0 Å². The molecule has 3 rings (SSSR count). The molecule has 6 nitrogen and oxygen atoms in total. The second-order valence-electron chi connectivity index (χ2n) is 7.11. The highest BCUT2D eigenvalue weighted by Crippen LogP contribution is 2.21. The van der Waals surface area contributed by atoms with Gasteiger partial charge in [0.25, 0.3) is 0 Å². The van der Waals surface area contributed by atoms with Crippen molar-refractivity contribution in [2.24, 2.45) is 0 Å². The smallest absolute Gasteiger partial charge is 0.222 e. The maximum Gasteiger partial charge on any atom is 0.222 e. The minimum atomic E-state index is 0.271. The predicted octanol–water partition coefficient (Wildman–Crippen LogP) is 3.47. The number of hydrogen-bond donors (Lipinski definition) is 2. The largest absolute Gasteiger partial charge is 0.368 e. The fourth-order valence-corrected chi connectivity index (χ4v) is 3.01. The molecule has 0 spiro atoms. The zero-order chi connectivity index (χ0) is 19.2. The molecule has 0 fully saturated rings. The molecule has 3 N–H and O–H groups in total. The van der Waals surface area contributed by atoms with Gasteiger partial charge in [0.1, 0.15) is 5.52 Å². The fourth-order valence-electron chi connectivity index (χ4n) is 3.01. The lowest BCUT2D eigenvalue weighted by atomic mass is 10.1. The van der Waals surface area contributed by atoms with E-state index < -0.39 is 0 Å². The SMILES string of the molecule is CCCCNc1nc(N)nc2ccc(Cc3ccc(CN(C)C)cc3)nc12. The van der Waals surface area contributed by atoms with Crippen LogP contribution >= 0.6 is 0 Å². The van der Waals surface area contributed by atoms with Gasteiger partial charge in [-0.2, -0.15) is 4.98 Å². The molecule has 0 aliphatic carbocycles. The first kappa shape index (κ1) is 19.0. The first-order chi connectivity index (χ1) is 13.0. The van der Waals surface area contributed by atoms with Crippen molar-refractivity contribution in [3.63, 3.8) is 0 Å². The highest BCUT2D eigenvalue weighted by atomic mass is 15.1. The molecule has 2 aromatic heterocycles. The summed E-state index contributed by atoms with van der Waals surface area (Å²) >= 11 is 0. The zero-order valence-electron chi connectivity index (χ0n) is 16.4. The molecule has 2 heterocycles. The first-order valence-electron chi connectivity index (χ1n) is 9.44. The van der Waals surface area contributed by atoms with Gasteiger partial charge >= 0.3 is 0 Å². The quantitative estimate of drug-likeness (QED) is 0.596. The van der Waals surface area contributed by atoms with Crippen LogP contribution in [-0.4, -0.2) is 40.5 Å². The summed E-state index contributed by atoms with van der Waals surface area (Å²) in [6.07, 6.45) is 2.97. The van der Waals surface area contributed by atoms with Gasteiger partial charge in [-0.1, -0.05) is 37.6 Å². The number of rotatable bonds is 8. The number of pyridine rings is 1. The molecule has 0 radical (unpaired) electrons. The lowest BCUT2D eigenvalue weighted by molar-refractivity contribution is 0.402. The molecule has 0 aliphatic heterocycles. The van der Waals surface area contributed by atoms with Crippen molar-refractivity contribution in [1.82, 2.24) is 19.9 Å². The number of unbranched alkanes of at least 4 members (excludes halogenated alkanes) is 1.